The van der Waals surface area contributed by atoms with E-state index in [2.05, 4.69) is 4.98 Å². The molecule has 0 radical (unpaired) electrons. The molecule has 0 aliphatic heterocycles. The molecule has 0 N–H and O–H groups in total. The monoisotopic (exact) mass is 281 g/mol. The summed E-state index contributed by atoms with van der Waals surface area (Å²) in [5, 5.41) is 0.997. The summed E-state index contributed by atoms with van der Waals surface area (Å²) in [6.45, 7) is 1.89. The number of rotatable bonds is 3. The highest BCUT2D eigenvalue weighted by molar-refractivity contribution is 5.83. The summed E-state index contributed by atoms with van der Waals surface area (Å²) >= 11 is 0. The van der Waals surface area contributed by atoms with Crippen molar-refractivity contribution in [3.63, 3.8) is 0 Å². The van der Waals surface area contributed by atoms with Crippen molar-refractivity contribution in [2.75, 3.05) is 7.11 Å². The van der Waals surface area contributed by atoms with Gasteiger partial charge < -0.3 is 4.74 Å². The predicted octanol–water partition coefficient (Wildman–Crippen LogP) is 4.28. The summed E-state index contributed by atoms with van der Waals surface area (Å²) in [6, 6.07) is 13.0. The van der Waals surface area contributed by atoms with Crippen LogP contribution in [0.4, 0.5) is 4.39 Å². The van der Waals surface area contributed by atoms with Crippen molar-refractivity contribution in [2.45, 2.75) is 13.3 Å². The van der Waals surface area contributed by atoms with Crippen LogP contribution in [0.2, 0.25) is 0 Å². The molecule has 2 aromatic carbocycles. The third-order valence-corrected chi connectivity index (χ3v) is 3.63. The summed E-state index contributed by atoms with van der Waals surface area (Å²) in [5.74, 6) is 0.615. The molecule has 0 aliphatic rings. The van der Waals surface area contributed by atoms with Gasteiger partial charge in [0.05, 0.1) is 12.6 Å². The van der Waals surface area contributed by atoms with E-state index in [-0.39, 0.29) is 5.82 Å². The molecule has 21 heavy (non-hydrogen) atoms. The van der Waals surface area contributed by atoms with E-state index >= 15 is 0 Å². The Hall–Kier alpha value is -2.42. The van der Waals surface area contributed by atoms with Crippen LogP contribution in [-0.4, -0.2) is 12.1 Å². The third kappa shape index (κ3) is 2.72. The van der Waals surface area contributed by atoms with Crippen molar-refractivity contribution in [1.29, 1.82) is 0 Å². The quantitative estimate of drug-likeness (QED) is 0.714. The first-order valence-electron chi connectivity index (χ1n) is 6.84. The second-order valence-electron chi connectivity index (χ2n) is 5.12. The van der Waals surface area contributed by atoms with Gasteiger partial charge in [0.25, 0.3) is 0 Å². The van der Waals surface area contributed by atoms with Gasteiger partial charge in [0.2, 0.25) is 0 Å². The van der Waals surface area contributed by atoms with Crippen molar-refractivity contribution in [3.05, 3.63) is 71.2 Å². The molecular formula is C18H16FNO. The minimum atomic E-state index is -0.164. The fraction of sp³-hybridized carbons (Fsp3) is 0.167. The second-order valence-corrected chi connectivity index (χ2v) is 5.12. The van der Waals surface area contributed by atoms with E-state index in [1.165, 1.54) is 0 Å². The van der Waals surface area contributed by atoms with Crippen molar-refractivity contribution in [1.82, 2.24) is 4.98 Å². The molecule has 0 unspecified atom stereocenters. The number of ether oxygens (including phenoxy) is 1. The molecule has 0 fully saturated rings. The number of fused-ring (bicyclic) bond motifs is 1. The maximum Gasteiger partial charge on any atom is 0.126 e. The van der Waals surface area contributed by atoms with Gasteiger partial charge in [-0.15, -0.1) is 0 Å². The van der Waals surface area contributed by atoms with Gasteiger partial charge in [-0.3, -0.25) is 4.98 Å². The number of aromatic nitrogens is 1. The molecule has 2 nitrogen and oxygen atoms in total. The highest BCUT2D eigenvalue weighted by atomic mass is 19.1. The molecule has 3 rings (SSSR count). The number of hydrogen-bond donors (Lipinski definition) is 0. The molecule has 3 heteroatoms. The zero-order valence-corrected chi connectivity index (χ0v) is 12.1. The first-order chi connectivity index (χ1) is 10.2. The molecule has 0 amide bonds. The molecule has 0 saturated heterocycles. The first kappa shape index (κ1) is 13.6. The largest absolute Gasteiger partial charge is 0.497 e. The van der Waals surface area contributed by atoms with E-state index < -0.39 is 0 Å². The lowest BCUT2D eigenvalue weighted by Gasteiger charge is -2.09. The molecule has 0 aliphatic carbocycles. The highest BCUT2D eigenvalue weighted by Gasteiger charge is 2.08. The van der Waals surface area contributed by atoms with Crippen LogP contribution in [0.3, 0.4) is 0 Å². The summed E-state index contributed by atoms with van der Waals surface area (Å²) in [5.41, 5.74) is 3.55. The minimum Gasteiger partial charge on any atom is -0.497 e. The molecular weight excluding hydrogens is 265 g/mol. The van der Waals surface area contributed by atoms with E-state index in [1.807, 2.05) is 43.3 Å². The fourth-order valence-corrected chi connectivity index (χ4v) is 2.46. The van der Waals surface area contributed by atoms with E-state index in [0.717, 1.165) is 27.8 Å². The zero-order chi connectivity index (χ0) is 14.8. The maximum absolute atomic E-state index is 14.0. The maximum atomic E-state index is 14.0. The number of benzene rings is 2. The molecule has 0 saturated carbocycles. The van der Waals surface area contributed by atoms with E-state index in [9.17, 15) is 4.39 Å². The van der Waals surface area contributed by atoms with Gasteiger partial charge in [-0.25, -0.2) is 4.39 Å². The first-order valence-corrected chi connectivity index (χ1v) is 6.84. The van der Waals surface area contributed by atoms with Crippen LogP contribution in [0.5, 0.6) is 5.75 Å². The van der Waals surface area contributed by atoms with Crippen molar-refractivity contribution >= 4 is 10.9 Å². The number of pyridine rings is 1. The van der Waals surface area contributed by atoms with Crippen LogP contribution < -0.4 is 4.74 Å². The number of aryl methyl sites for hydroxylation is 1. The Morgan fingerprint density at radius 3 is 2.67 bits per heavy atom. The molecule has 106 valence electrons. The van der Waals surface area contributed by atoms with Gasteiger partial charge in [0, 0.05) is 18.0 Å². The Morgan fingerprint density at radius 1 is 1.05 bits per heavy atom. The summed E-state index contributed by atoms with van der Waals surface area (Å²) in [7, 11) is 1.64. The number of hydrogen-bond acceptors (Lipinski definition) is 2. The van der Waals surface area contributed by atoms with Crippen LogP contribution in [0.25, 0.3) is 10.9 Å². The van der Waals surface area contributed by atoms with Gasteiger partial charge in [0.1, 0.15) is 11.6 Å². The Morgan fingerprint density at radius 2 is 1.90 bits per heavy atom. The lowest BCUT2D eigenvalue weighted by atomic mass is 10.00. The molecule has 1 heterocycles. The van der Waals surface area contributed by atoms with Gasteiger partial charge >= 0.3 is 0 Å². The zero-order valence-electron chi connectivity index (χ0n) is 12.1. The summed E-state index contributed by atoms with van der Waals surface area (Å²) in [6.07, 6.45) is 2.30. The van der Waals surface area contributed by atoms with Crippen molar-refractivity contribution < 1.29 is 9.13 Å². The minimum absolute atomic E-state index is 0.164. The summed E-state index contributed by atoms with van der Waals surface area (Å²) in [4.78, 5) is 4.35. The van der Waals surface area contributed by atoms with E-state index in [1.54, 1.807) is 19.4 Å². The van der Waals surface area contributed by atoms with Gasteiger partial charge in [-0.2, -0.15) is 0 Å². The van der Waals surface area contributed by atoms with Crippen molar-refractivity contribution in [2.24, 2.45) is 0 Å². The highest BCUT2D eigenvalue weighted by Crippen LogP contribution is 2.25. The van der Waals surface area contributed by atoms with Crippen LogP contribution in [0.1, 0.15) is 16.7 Å². The number of halogens is 1. The smallest absolute Gasteiger partial charge is 0.126 e. The topological polar surface area (TPSA) is 22.1 Å². The van der Waals surface area contributed by atoms with Crippen LogP contribution in [0, 0.1) is 12.7 Å². The van der Waals surface area contributed by atoms with E-state index in [0.29, 0.717) is 12.0 Å². The summed E-state index contributed by atoms with van der Waals surface area (Å²) < 4.78 is 19.3. The Bertz CT molecular complexity index is 798. The average Bonchev–Trinajstić information content (AvgIpc) is 2.50. The third-order valence-electron chi connectivity index (χ3n) is 3.63. The number of methoxy groups -OCH3 is 1. The predicted molar refractivity (Wildman–Crippen MR) is 82.2 cm³/mol. The van der Waals surface area contributed by atoms with Crippen LogP contribution in [-0.2, 0) is 6.42 Å². The second kappa shape index (κ2) is 5.52. The van der Waals surface area contributed by atoms with Gasteiger partial charge in [0.15, 0.2) is 0 Å². The lowest BCUT2D eigenvalue weighted by Crippen LogP contribution is -1.96. The molecule has 0 atom stereocenters. The molecule has 3 aromatic rings. The standard InChI is InChI=1S/C18H16FNO/c1-12-3-4-14(17(19)9-12)10-13-7-8-20-18-6-5-15(21-2)11-16(13)18/h3-9,11H,10H2,1-2H3. The van der Waals surface area contributed by atoms with Gasteiger partial charge in [-0.05, 0) is 53.9 Å². The fourth-order valence-electron chi connectivity index (χ4n) is 2.46. The SMILES string of the molecule is COc1ccc2nccc(Cc3ccc(C)cc3F)c2c1. The Labute approximate surface area is 123 Å². The number of nitrogens with zero attached hydrogens (tertiary/aromatic N) is 1. The lowest BCUT2D eigenvalue weighted by molar-refractivity contribution is 0.415. The van der Waals surface area contributed by atoms with Crippen LogP contribution in [0.15, 0.2) is 48.7 Å². The molecule has 0 spiro atoms. The van der Waals surface area contributed by atoms with Gasteiger partial charge in [-0.1, -0.05) is 12.1 Å². The Balaban J connectivity index is 2.07. The average molecular weight is 281 g/mol. The van der Waals surface area contributed by atoms with Crippen LogP contribution >= 0.6 is 0 Å². The van der Waals surface area contributed by atoms with Crippen molar-refractivity contribution in [3.8, 4) is 5.75 Å². The normalized spacial score (nSPS) is 10.8. The molecule has 0 bridgehead atoms. The Kier molecular flexibility index (Phi) is 3.57. The van der Waals surface area contributed by atoms with E-state index in [4.69, 9.17) is 4.74 Å². The molecule has 1 aromatic heterocycles.